The fourth-order valence-corrected chi connectivity index (χ4v) is 1.99. The monoisotopic (exact) mass is 285 g/mol. The lowest BCUT2D eigenvalue weighted by atomic mass is 10.2. The first-order valence-corrected chi connectivity index (χ1v) is 7.38. The SMILES string of the molecule is CCn1ccc(CNc2cccc(NC(=O)C(C)C)c2)c1. The van der Waals surface area contributed by atoms with Crippen molar-refractivity contribution < 1.29 is 4.79 Å². The lowest BCUT2D eigenvalue weighted by Crippen LogP contribution is -2.17. The molecule has 112 valence electrons. The molecule has 0 spiro atoms. The van der Waals surface area contributed by atoms with Crippen LogP contribution in [0.15, 0.2) is 42.7 Å². The number of hydrogen-bond donors (Lipinski definition) is 2. The summed E-state index contributed by atoms with van der Waals surface area (Å²) < 4.78 is 2.15. The van der Waals surface area contributed by atoms with Gasteiger partial charge in [-0.3, -0.25) is 4.79 Å². The van der Waals surface area contributed by atoms with Crippen molar-refractivity contribution in [3.8, 4) is 0 Å². The number of benzene rings is 1. The van der Waals surface area contributed by atoms with Gasteiger partial charge in [0.15, 0.2) is 0 Å². The zero-order valence-corrected chi connectivity index (χ0v) is 12.9. The highest BCUT2D eigenvalue weighted by Crippen LogP contribution is 2.17. The molecule has 2 rings (SSSR count). The first kappa shape index (κ1) is 15.2. The van der Waals surface area contributed by atoms with E-state index in [4.69, 9.17) is 0 Å². The Morgan fingerprint density at radius 1 is 1.24 bits per heavy atom. The van der Waals surface area contributed by atoms with Gasteiger partial charge in [-0.1, -0.05) is 19.9 Å². The van der Waals surface area contributed by atoms with Crippen LogP contribution in [0.4, 0.5) is 11.4 Å². The second-order valence-electron chi connectivity index (χ2n) is 5.43. The van der Waals surface area contributed by atoms with Gasteiger partial charge >= 0.3 is 0 Å². The predicted octanol–water partition coefficient (Wildman–Crippen LogP) is 3.71. The van der Waals surface area contributed by atoms with E-state index in [0.717, 1.165) is 24.5 Å². The van der Waals surface area contributed by atoms with Crippen LogP contribution in [-0.2, 0) is 17.9 Å². The molecule has 0 bridgehead atoms. The number of aromatic nitrogens is 1. The summed E-state index contributed by atoms with van der Waals surface area (Å²) >= 11 is 0. The Hall–Kier alpha value is -2.23. The molecule has 2 N–H and O–H groups in total. The lowest BCUT2D eigenvalue weighted by molar-refractivity contribution is -0.118. The zero-order valence-electron chi connectivity index (χ0n) is 12.9. The van der Waals surface area contributed by atoms with Crippen molar-refractivity contribution in [3.05, 3.63) is 48.3 Å². The first-order chi connectivity index (χ1) is 10.1. The van der Waals surface area contributed by atoms with Crippen LogP contribution >= 0.6 is 0 Å². The van der Waals surface area contributed by atoms with Crippen molar-refractivity contribution in [1.29, 1.82) is 0 Å². The first-order valence-electron chi connectivity index (χ1n) is 7.38. The number of aryl methyl sites for hydroxylation is 1. The van der Waals surface area contributed by atoms with E-state index >= 15 is 0 Å². The number of nitrogens with zero attached hydrogens (tertiary/aromatic N) is 1. The largest absolute Gasteiger partial charge is 0.381 e. The van der Waals surface area contributed by atoms with E-state index < -0.39 is 0 Å². The molecular weight excluding hydrogens is 262 g/mol. The van der Waals surface area contributed by atoms with Crippen molar-refractivity contribution >= 4 is 17.3 Å². The van der Waals surface area contributed by atoms with Gasteiger partial charge in [-0.25, -0.2) is 0 Å². The quantitative estimate of drug-likeness (QED) is 0.849. The molecule has 0 aliphatic rings. The number of anilines is 2. The molecule has 21 heavy (non-hydrogen) atoms. The number of hydrogen-bond acceptors (Lipinski definition) is 2. The van der Waals surface area contributed by atoms with E-state index in [1.54, 1.807) is 0 Å². The van der Waals surface area contributed by atoms with Crippen molar-refractivity contribution in [2.75, 3.05) is 10.6 Å². The van der Waals surface area contributed by atoms with Crippen molar-refractivity contribution in [2.24, 2.45) is 5.92 Å². The van der Waals surface area contributed by atoms with E-state index in [1.807, 2.05) is 38.1 Å². The molecule has 1 heterocycles. The zero-order chi connectivity index (χ0) is 15.2. The normalized spacial score (nSPS) is 10.7. The number of rotatable bonds is 6. The predicted molar refractivity (Wildman–Crippen MR) is 87.3 cm³/mol. The fraction of sp³-hybridized carbons (Fsp3) is 0.353. The molecule has 0 unspecified atom stereocenters. The van der Waals surface area contributed by atoms with E-state index in [-0.39, 0.29) is 11.8 Å². The molecule has 4 nitrogen and oxygen atoms in total. The second-order valence-corrected chi connectivity index (χ2v) is 5.43. The minimum absolute atomic E-state index is 0.0181. The minimum atomic E-state index is -0.0181. The molecule has 4 heteroatoms. The summed E-state index contributed by atoms with van der Waals surface area (Å²) in [6, 6.07) is 9.91. The Morgan fingerprint density at radius 2 is 2.00 bits per heavy atom. The van der Waals surface area contributed by atoms with Gasteiger partial charge in [0.1, 0.15) is 0 Å². The van der Waals surface area contributed by atoms with Crippen molar-refractivity contribution in [2.45, 2.75) is 33.9 Å². The molecule has 1 amide bonds. The maximum atomic E-state index is 11.7. The molecule has 0 atom stereocenters. The van der Waals surface area contributed by atoms with Gasteiger partial charge in [0.05, 0.1) is 0 Å². The minimum Gasteiger partial charge on any atom is -0.381 e. The summed E-state index contributed by atoms with van der Waals surface area (Å²) in [6.45, 7) is 7.65. The van der Waals surface area contributed by atoms with Crippen LogP contribution in [0.25, 0.3) is 0 Å². The molecule has 0 saturated heterocycles. The van der Waals surface area contributed by atoms with Gasteiger partial charge in [0.2, 0.25) is 5.91 Å². The third kappa shape index (κ3) is 4.38. The van der Waals surface area contributed by atoms with Gasteiger partial charge in [0, 0.05) is 42.8 Å². The number of carbonyl (C=O) groups is 1. The Kier molecular flexibility index (Phi) is 5.04. The average Bonchev–Trinajstić information content (AvgIpc) is 2.93. The topological polar surface area (TPSA) is 46.1 Å². The van der Waals surface area contributed by atoms with Gasteiger partial charge in [0.25, 0.3) is 0 Å². The summed E-state index contributed by atoms with van der Waals surface area (Å²) in [5.74, 6) is 0.0163. The van der Waals surface area contributed by atoms with Crippen LogP contribution in [0.2, 0.25) is 0 Å². The van der Waals surface area contributed by atoms with E-state index in [1.165, 1.54) is 5.56 Å². The molecule has 0 fully saturated rings. The Labute approximate surface area is 126 Å². The molecule has 1 aromatic carbocycles. The Bertz CT molecular complexity index is 602. The highest BCUT2D eigenvalue weighted by atomic mass is 16.1. The van der Waals surface area contributed by atoms with Gasteiger partial charge in [-0.15, -0.1) is 0 Å². The Balaban J connectivity index is 1.96. The van der Waals surface area contributed by atoms with Crippen LogP contribution in [0.1, 0.15) is 26.3 Å². The third-order valence-corrected chi connectivity index (χ3v) is 3.33. The fourth-order valence-electron chi connectivity index (χ4n) is 1.99. The average molecular weight is 285 g/mol. The lowest BCUT2D eigenvalue weighted by Gasteiger charge is -2.10. The van der Waals surface area contributed by atoms with Gasteiger partial charge < -0.3 is 15.2 Å². The maximum Gasteiger partial charge on any atom is 0.226 e. The third-order valence-electron chi connectivity index (χ3n) is 3.33. The van der Waals surface area contributed by atoms with E-state index in [9.17, 15) is 4.79 Å². The highest BCUT2D eigenvalue weighted by Gasteiger charge is 2.07. The van der Waals surface area contributed by atoms with Crippen LogP contribution in [-0.4, -0.2) is 10.5 Å². The van der Waals surface area contributed by atoms with Crippen molar-refractivity contribution in [1.82, 2.24) is 4.57 Å². The summed E-state index contributed by atoms with van der Waals surface area (Å²) in [6.07, 6.45) is 4.22. The van der Waals surface area contributed by atoms with Crippen LogP contribution < -0.4 is 10.6 Å². The van der Waals surface area contributed by atoms with Crippen LogP contribution in [0.5, 0.6) is 0 Å². The summed E-state index contributed by atoms with van der Waals surface area (Å²) in [7, 11) is 0. The Morgan fingerprint density at radius 3 is 2.67 bits per heavy atom. The molecule has 0 aliphatic carbocycles. The summed E-state index contributed by atoms with van der Waals surface area (Å²) in [5.41, 5.74) is 3.07. The van der Waals surface area contributed by atoms with E-state index in [2.05, 4.69) is 40.6 Å². The van der Waals surface area contributed by atoms with E-state index in [0.29, 0.717) is 0 Å². The van der Waals surface area contributed by atoms with Gasteiger partial charge in [-0.2, -0.15) is 0 Å². The molecule has 2 aromatic rings. The standard InChI is InChI=1S/C17H23N3O/c1-4-20-9-8-14(12-20)11-18-15-6-5-7-16(10-15)19-17(21)13(2)3/h5-10,12-13,18H,4,11H2,1-3H3,(H,19,21). The number of nitrogens with one attached hydrogen (secondary N) is 2. The highest BCUT2D eigenvalue weighted by molar-refractivity contribution is 5.92. The summed E-state index contributed by atoms with van der Waals surface area (Å²) in [5, 5.41) is 6.29. The van der Waals surface area contributed by atoms with Crippen LogP contribution in [0.3, 0.4) is 0 Å². The smallest absolute Gasteiger partial charge is 0.226 e. The molecule has 1 aromatic heterocycles. The number of carbonyl (C=O) groups excluding carboxylic acids is 1. The molecule has 0 radical (unpaired) electrons. The maximum absolute atomic E-state index is 11.7. The molecular formula is C17H23N3O. The molecule has 0 aliphatic heterocycles. The summed E-state index contributed by atoms with van der Waals surface area (Å²) in [4.78, 5) is 11.7. The second kappa shape index (κ2) is 6.97. The van der Waals surface area contributed by atoms with Crippen LogP contribution in [0, 0.1) is 5.92 Å². The molecule has 0 saturated carbocycles. The van der Waals surface area contributed by atoms with Gasteiger partial charge in [-0.05, 0) is 36.8 Å². The van der Waals surface area contributed by atoms with Crippen molar-refractivity contribution in [3.63, 3.8) is 0 Å². The number of amides is 1.